The van der Waals surface area contributed by atoms with Crippen LogP contribution in [-0.4, -0.2) is 18.5 Å². The number of hydrogen-bond donors (Lipinski definition) is 0. The third-order valence-electron chi connectivity index (χ3n) is 6.69. The first-order valence-electron chi connectivity index (χ1n) is 14.6. The summed E-state index contributed by atoms with van der Waals surface area (Å²) in [5.41, 5.74) is 0.394. The summed E-state index contributed by atoms with van der Waals surface area (Å²) in [4.78, 5) is 12.0. The van der Waals surface area contributed by atoms with Crippen LogP contribution in [0.25, 0.3) is 0 Å². The largest absolute Gasteiger partial charge is 0.462 e. The van der Waals surface area contributed by atoms with Crippen molar-refractivity contribution < 1.29 is 23.7 Å². The second kappa shape index (κ2) is 17.1. The van der Waals surface area contributed by atoms with E-state index in [0.29, 0.717) is 35.7 Å². The number of para-hydroxylation sites is 3. The minimum Gasteiger partial charge on any atom is -0.462 e. The first-order valence-corrected chi connectivity index (χ1v) is 14.6. The van der Waals surface area contributed by atoms with E-state index in [0.717, 1.165) is 19.3 Å². The zero-order valence-corrected chi connectivity index (χ0v) is 24.1. The van der Waals surface area contributed by atoms with E-state index in [1.54, 1.807) is 6.92 Å². The molecular weight excluding hydrogens is 500 g/mol. The van der Waals surface area contributed by atoms with Crippen LogP contribution >= 0.6 is 0 Å². The highest BCUT2D eigenvalue weighted by molar-refractivity contribution is 5.86. The van der Waals surface area contributed by atoms with Crippen LogP contribution in [-0.2, 0) is 9.53 Å². The van der Waals surface area contributed by atoms with E-state index in [-0.39, 0.29) is 18.5 Å². The highest BCUT2D eigenvalue weighted by atomic mass is 16.9. The lowest BCUT2D eigenvalue weighted by Gasteiger charge is -2.40. The van der Waals surface area contributed by atoms with Gasteiger partial charge in [0.05, 0.1) is 12.5 Å². The molecule has 5 nitrogen and oxygen atoms in total. The van der Waals surface area contributed by atoms with Crippen molar-refractivity contribution in [2.75, 3.05) is 6.61 Å². The standard InChI is InChI=1S/C35H44O5/c1-4-5-6-7-8-12-20-30(21-19-28-37-34(36)29(2)3)35(38-31-22-13-9-14-23-31,39-32-24-15-10-16-25-32)40-33-26-17-11-18-27-33/h9-11,13-18,22-27,30H,2,4-8,12,19-21,28H2,1,3H3. The molecule has 1 unspecified atom stereocenters. The van der Waals surface area contributed by atoms with E-state index < -0.39 is 5.97 Å². The minimum atomic E-state index is -1.45. The molecule has 214 valence electrons. The molecule has 0 fully saturated rings. The van der Waals surface area contributed by atoms with Crippen LogP contribution < -0.4 is 14.2 Å². The van der Waals surface area contributed by atoms with Gasteiger partial charge in [0.25, 0.3) is 0 Å². The van der Waals surface area contributed by atoms with Crippen LogP contribution in [0.2, 0.25) is 0 Å². The SMILES string of the molecule is C=C(C)C(=O)OCCCC(CCCCCCCC)C(Oc1ccccc1)(Oc1ccccc1)Oc1ccccc1. The zero-order valence-electron chi connectivity index (χ0n) is 24.1. The van der Waals surface area contributed by atoms with E-state index in [9.17, 15) is 4.79 Å². The Labute approximate surface area is 240 Å². The Balaban J connectivity index is 1.94. The molecule has 0 saturated heterocycles. The van der Waals surface area contributed by atoms with E-state index in [1.807, 2.05) is 91.0 Å². The number of carbonyl (C=O) groups is 1. The minimum absolute atomic E-state index is 0.164. The Hall–Kier alpha value is -3.73. The number of rotatable bonds is 19. The topological polar surface area (TPSA) is 54.0 Å². The van der Waals surface area contributed by atoms with Crippen LogP contribution in [0.1, 0.15) is 71.6 Å². The average molecular weight is 545 g/mol. The van der Waals surface area contributed by atoms with E-state index >= 15 is 0 Å². The van der Waals surface area contributed by atoms with Crippen molar-refractivity contribution in [1.29, 1.82) is 0 Å². The molecule has 0 amide bonds. The summed E-state index contributed by atoms with van der Waals surface area (Å²) in [6, 6.07) is 28.9. The van der Waals surface area contributed by atoms with E-state index in [4.69, 9.17) is 18.9 Å². The van der Waals surface area contributed by atoms with Gasteiger partial charge >= 0.3 is 11.9 Å². The summed E-state index contributed by atoms with van der Waals surface area (Å²) in [7, 11) is 0. The molecule has 0 N–H and O–H groups in total. The van der Waals surface area contributed by atoms with Gasteiger partial charge in [-0.05, 0) is 62.6 Å². The van der Waals surface area contributed by atoms with Gasteiger partial charge < -0.3 is 18.9 Å². The van der Waals surface area contributed by atoms with E-state index in [2.05, 4.69) is 13.5 Å². The van der Waals surface area contributed by atoms with Gasteiger partial charge in [-0.15, -0.1) is 0 Å². The molecule has 0 aliphatic heterocycles. The smallest absolute Gasteiger partial charge is 0.420 e. The van der Waals surface area contributed by atoms with Gasteiger partial charge in [-0.25, -0.2) is 4.79 Å². The maximum absolute atomic E-state index is 12.0. The monoisotopic (exact) mass is 544 g/mol. The van der Waals surface area contributed by atoms with Gasteiger partial charge in [-0.3, -0.25) is 0 Å². The summed E-state index contributed by atoms with van der Waals surface area (Å²) in [5.74, 6) is -0.0440. The number of esters is 1. The molecule has 0 aromatic heterocycles. The number of benzene rings is 3. The summed E-state index contributed by atoms with van der Waals surface area (Å²) < 4.78 is 25.6. The summed E-state index contributed by atoms with van der Waals surface area (Å²) in [6.07, 6.45) is 9.18. The average Bonchev–Trinajstić information content (AvgIpc) is 2.97. The van der Waals surface area contributed by atoms with Crippen molar-refractivity contribution in [1.82, 2.24) is 0 Å². The Morgan fingerprint density at radius 1 is 0.675 bits per heavy atom. The molecule has 0 bridgehead atoms. The van der Waals surface area contributed by atoms with Crippen molar-refractivity contribution in [3.8, 4) is 17.2 Å². The lowest BCUT2D eigenvalue weighted by molar-refractivity contribution is -0.288. The highest BCUT2D eigenvalue weighted by Gasteiger charge is 2.47. The fourth-order valence-corrected chi connectivity index (χ4v) is 4.56. The van der Waals surface area contributed by atoms with Gasteiger partial charge in [0, 0.05) is 5.57 Å². The lowest BCUT2D eigenvalue weighted by atomic mass is 9.92. The third kappa shape index (κ3) is 10.4. The lowest BCUT2D eigenvalue weighted by Crippen LogP contribution is -2.54. The first kappa shape index (κ1) is 30.8. The Kier molecular flexibility index (Phi) is 13.1. The second-order valence-electron chi connectivity index (χ2n) is 10.2. The van der Waals surface area contributed by atoms with Crippen LogP contribution in [0.4, 0.5) is 0 Å². The van der Waals surface area contributed by atoms with Gasteiger partial charge in [-0.1, -0.05) is 107 Å². The summed E-state index contributed by atoms with van der Waals surface area (Å²) in [5, 5.41) is 0. The molecule has 3 aromatic rings. The molecule has 0 radical (unpaired) electrons. The van der Waals surface area contributed by atoms with Crippen LogP contribution in [0.15, 0.2) is 103 Å². The Bertz CT molecular complexity index is 1010. The molecule has 40 heavy (non-hydrogen) atoms. The first-order chi connectivity index (χ1) is 19.5. The van der Waals surface area contributed by atoms with Gasteiger partial charge in [0.15, 0.2) is 0 Å². The molecule has 3 aromatic carbocycles. The second-order valence-corrected chi connectivity index (χ2v) is 10.2. The third-order valence-corrected chi connectivity index (χ3v) is 6.69. The molecule has 0 heterocycles. The van der Waals surface area contributed by atoms with Crippen molar-refractivity contribution in [2.45, 2.75) is 77.6 Å². The van der Waals surface area contributed by atoms with Crippen molar-refractivity contribution in [3.05, 3.63) is 103 Å². The van der Waals surface area contributed by atoms with Crippen LogP contribution in [0.3, 0.4) is 0 Å². The van der Waals surface area contributed by atoms with Crippen molar-refractivity contribution in [3.63, 3.8) is 0 Å². The van der Waals surface area contributed by atoms with Crippen LogP contribution in [0, 0.1) is 5.92 Å². The maximum Gasteiger partial charge on any atom is 0.420 e. The fraction of sp³-hybridized carbons (Fsp3) is 0.400. The van der Waals surface area contributed by atoms with Crippen molar-refractivity contribution >= 4 is 5.97 Å². The molecule has 0 aliphatic carbocycles. The van der Waals surface area contributed by atoms with Gasteiger partial charge in [0.1, 0.15) is 17.2 Å². The molecule has 3 rings (SSSR count). The fourth-order valence-electron chi connectivity index (χ4n) is 4.56. The predicted octanol–water partition coefficient (Wildman–Crippen LogP) is 9.14. The van der Waals surface area contributed by atoms with Gasteiger partial charge in [-0.2, -0.15) is 0 Å². The molecular formula is C35H44O5. The molecule has 0 spiro atoms. The Morgan fingerprint density at radius 3 is 1.55 bits per heavy atom. The normalized spacial score (nSPS) is 11.8. The summed E-state index contributed by atoms with van der Waals surface area (Å²) in [6.45, 7) is 7.86. The zero-order chi connectivity index (χ0) is 28.5. The molecule has 0 aliphatic rings. The number of ether oxygens (including phenoxy) is 4. The van der Waals surface area contributed by atoms with Gasteiger partial charge in [0.2, 0.25) is 0 Å². The van der Waals surface area contributed by atoms with E-state index in [1.165, 1.54) is 25.7 Å². The highest BCUT2D eigenvalue weighted by Crippen LogP contribution is 2.37. The molecule has 1 atom stereocenters. The number of hydrogen-bond acceptors (Lipinski definition) is 5. The molecule has 0 saturated carbocycles. The molecule has 5 heteroatoms. The Morgan fingerprint density at radius 2 is 1.10 bits per heavy atom. The summed E-state index contributed by atoms with van der Waals surface area (Å²) >= 11 is 0. The van der Waals surface area contributed by atoms with Crippen LogP contribution in [0.5, 0.6) is 17.2 Å². The predicted molar refractivity (Wildman–Crippen MR) is 160 cm³/mol. The van der Waals surface area contributed by atoms with Crippen molar-refractivity contribution in [2.24, 2.45) is 5.92 Å². The number of unbranched alkanes of at least 4 members (excludes halogenated alkanes) is 5. The quantitative estimate of drug-likeness (QED) is 0.0652. The maximum atomic E-state index is 12.0. The number of carbonyl (C=O) groups excluding carboxylic acids is 1.